The third-order valence-electron chi connectivity index (χ3n) is 14.0. The number of hydrogen-bond acceptors (Lipinski definition) is 8. The molecule has 3 amide bonds. The number of carbonyl (C=O) groups is 4. The van der Waals surface area contributed by atoms with Crippen LogP contribution in [0.2, 0.25) is 0 Å². The summed E-state index contributed by atoms with van der Waals surface area (Å²) in [6.07, 6.45) is 14.4. The van der Waals surface area contributed by atoms with Gasteiger partial charge in [-0.25, -0.2) is 0 Å². The van der Waals surface area contributed by atoms with Crippen LogP contribution in [0.25, 0.3) is 32.3 Å². The summed E-state index contributed by atoms with van der Waals surface area (Å²) >= 11 is 0. The first-order valence-electron chi connectivity index (χ1n) is 21.9. The number of aromatic nitrogens is 3. The van der Waals surface area contributed by atoms with E-state index in [1.54, 1.807) is 81.7 Å². The van der Waals surface area contributed by atoms with E-state index in [0.717, 1.165) is 35.1 Å². The fourth-order valence-corrected chi connectivity index (χ4v) is 10.7. The van der Waals surface area contributed by atoms with E-state index in [1.165, 1.54) is 58.4 Å². The highest BCUT2D eigenvalue weighted by Crippen LogP contribution is 2.61. The van der Waals surface area contributed by atoms with E-state index in [4.69, 9.17) is 22.9 Å². The molecule has 3 heterocycles. The van der Waals surface area contributed by atoms with E-state index in [2.05, 4.69) is 0 Å². The van der Waals surface area contributed by atoms with Crippen LogP contribution < -0.4 is 39.6 Å². The van der Waals surface area contributed by atoms with Gasteiger partial charge >= 0.3 is 0 Å². The minimum absolute atomic E-state index is 0.122. The first-order valence-corrected chi connectivity index (χ1v) is 21.9. The van der Waals surface area contributed by atoms with E-state index in [0.29, 0.717) is 50.0 Å². The number of amides is 3. The molecule has 10 rings (SSSR count). The highest BCUT2D eigenvalue weighted by molar-refractivity contribution is 6.08. The Hall–Kier alpha value is -6.83. The fourth-order valence-electron chi connectivity index (χ4n) is 10.7. The molecule has 64 heavy (non-hydrogen) atoms. The maximum Gasteiger partial charge on any atom is 0.259 e. The number of rotatable bonds is 10. The second-order valence-corrected chi connectivity index (χ2v) is 18.3. The molecular formula is C50H57N7O7. The van der Waals surface area contributed by atoms with Gasteiger partial charge in [0.05, 0.1) is 0 Å². The van der Waals surface area contributed by atoms with Crippen molar-refractivity contribution in [2.45, 2.75) is 97.2 Å². The smallest absolute Gasteiger partial charge is 0.259 e. The van der Waals surface area contributed by atoms with Gasteiger partial charge in [-0.15, -0.1) is 0 Å². The highest BCUT2D eigenvalue weighted by Gasteiger charge is 2.50. The van der Waals surface area contributed by atoms with Gasteiger partial charge in [0.25, 0.3) is 16.7 Å². The summed E-state index contributed by atoms with van der Waals surface area (Å²) in [7, 11) is 0. The molecule has 3 aromatic heterocycles. The summed E-state index contributed by atoms with van der Waals surface area (Å²) in [4.78, 5) is 84.1. The van der Waals surface area contributed by atoms with Gasteiger partial charge in [0, 0.05) is 57.8 Å². The fraction of sp³-hybridized carbons (Fsp3) is 0.380. The predicted molar refractivity (Wildman–Crippen MR) is 250 cm³/mol. The van der Waals surface area contributed by atoms with Crippen molar-refractivity contribution in [3.8, 4) is 0 Å². The molecule has 334 valence electrons. The molecule has 4 aliphatic rings. The number of primary amides is 3. The van der Waals surface area contributed by atoms with Gasteiger partial charge in [-0.2, -0.15) is 0 Å². The van der Waals surface area contributed by atoms with Gasteiger partial charge in [0.15, 0.2) is 5.78 Å². The third-order valence-corrected chi connectivity index (χ3v) is 14.0. The molecule has 4 saturated carbocycles. The Morgan fingerprint density at radius 3 is 1.42 bits per heavy atom. The maximum absolute atomic E-state index is 13.2. The molecule has 3 aromatic carbocycles. The summed E-state index contributed by atoms with van der Waals surface area (Å²) < 4.78 is 4.02. The molecule has 14 heteroatoms. The largest absolute Gasteiger partial charge is 0.398 e. The second kappa shape index (κ2) is 18.1. The molecule has 0 spiro atoms. The van der Waals surface area contributed by atoms with Crippen molar-refractivity contribution in [1.29, 1.82) is 0 Å². The summed E-state index contributed by atoms with van der Waals surface area (Å²) in [5, 5.41) is 3.83. The van der Waals surface area contributed by atoms with Crippen molar-refractivity contribution in [3.05, 3.63) is 134 Å². The van der Waals surface area contributed by atoms with Crippen molar-refractivity contribution in [2.75, 3.05) is 5.73 Å². The van der Waals surface area contributed by atoms with Crippen molar-refractivity contribution in [3.63, 3.8) is 0 Å². The lowest BCUT2D eigenvalue weighted by atomic mass is 9.48. The van der Waals surface area contributed by atoms with Crippen molar-refractivity contribution >= 4 is 61.5 Å². The minimum atomic E-state index is -0.725. The lowest BCUT2D eigenvalue weighted by molar-refractivity contribution is -0.121. The van der Waals surface area contributed by atoms with Crippen molar-refractivity contribution in [1.82, 2.24) is 13.7 Å². The Bertz CT molecular complexity index is 2850. The average Bonchev–Trinajstić information content (AvgIpc) is 3.25. The number of benzene rings is 3. The first kappa shape index (κ1) is 45.2. The molecule has 0 aliphatic heterocycles. The van der Waals surface area contributed by atoms with Crippen LogP contribution in [-0.2, 0) is 14.4 Å². The molecule has 3 atom stereocenters. The Balaban J connectivity index is 0.000000155. The van der Waals surface area contributed by atoms with E-state index in [-0.39, 0.29) is 22.5 Å². The quantitative estimate of drug-likeness (QED) is 0.0909. The average molecular weight is 868 g/mol. The monoisotopic (exact) mass is 867 g/mol. The van der Waals surface area contributed by atoms with Gasteiger partial charge in [-0.1, -0.05) is 30.3 Å². The predicted octanol–water partition coefficient (Wildman–Crippen LogP) is 6.21. The number of ketones is 1. The number of anilines is 1. The number of fused-ring (bicyclic) bond motifs is 3. The number of Topliss-reactive ketones (excluding diaryl/α,β-unsaturated/α-hetero) is 1. The Labute approximate surface area is 370 Å². The van der Waals surface area contributed by atoms with Crippen molar-refractivity contribution in [2.24, 2.45) is 40.4 Å². The van der Waals surface area contributed by atoms with Crippen LogP contribution in [-0.4, -0.2) is 37.2 Å². The third kappa shape index (κ3) is 8.86. The lowest BCUT2D eigenvalue weighted by Gasteiger charge is -2.57. The standard InChI is InChI=1S/C25H30N2O3.C13H14N2O2.C12H13N3O2/c1-15(23(26)29)27-8-6-19-20(3-2-4-21(19)24(27)30)22(28)5-7-25-12-16-9-17(13-25)11-18(10-16)14-25;1-8-4-3-5-11-10(8)6-7-15(13(11)17)9(2)12(14)16;1-7(11(14)16)15-6-5-8-9(12(15)17)3-2-4-10(8)13/h2-4,6,8,15-18H,5,7,9-14H2,1H3,(H2,26,29);3-7,9H,1-2H3,(H2,14,16);2-7H,13H2,1H3,(H2,14,16)/t15-,16?,17?,18?,25?;9-;7-/m000/s1. The molecule has 14 nitrogen and oxygen atoms in total. The van der Waals surface area contributed by atoms with Crippen molar-refractivity contribution < 1.29 is 19.2 Å². The molecule has 8 N–H and O–H groups in total. The van der Waals surface area contributed by atoms with E-state index in [9.17, 15) is 33.6 Å². The number of nitrogens with zero attached hydrogens (tertiary/aromatic N) is 3. The Morgan fingerprint density at radius 2 is 0.953 bits per heavy atom. The molecule has 0 radical (unpaired) electrons. The highest BCUT2D eigenvalue weighted by atomic mass is 16.2. The summed E-state index contributed by atoms with van der Waals surface area (Å²) in [6.45, 7) is 6.76. The Morgan fingerprint density at radius 1 is 0.562 bits per heavy atom. The van der Waals surface area contributed by atoms with Crippen LogP contribution in [0.5, 0.6) is 0 Å². The van der Waals surface area contributed by atoms with Gasteiger partial charge in [-0.3, -0.25) is 33.6 Å². The maximum atomic E-state index is 13.2. The summed E-state index contributed by atoms with van der Waals surface area (Å²) in [5.74, 6) is 1.16. The number of pyridine rings is 3. The van der Waals surface area contributed by atoms with E-state index >= 15 is 0 Å². The number of nitrogen functional groups attached to an aromatic ring is 1. The van der Waals surface area contributed by atoms with Gasteiger partial charge in [0.2, 0.25) is 17.7 Å². The van der Waals surface area contributed by atoms with Crippen LogP contribution in [0.4, 0.5) is 5.69 Å². The number of aryl methyl sites for hydroxylation is 1. The van der Waals surface area contributed by atoms with E-state index < -0.39 is 35.8 Å². The van der Waals surface area contributed by atoms with Crippen LogP contribution in [0, 0.1) is 30.1 Å². The molecule has 4 bridgehead atoms. The Kier molecular flexibility index (Phi) is 12.8. The number of hydrogen-bond donors (Lipinski definition) is 4. The summed E-state index contributed by atoms with van der Waals surface area (Å²) in [5.41, 5.74) is 23.4. The number of carbonyl (C=O) groups excluding carboxylic acids is 4. The zero-order valence-corrected chi connectivity index (χ0v) is 36.8. The molecule has 4 aliphatic carbocycles. The van der Waals surface area contributed by atoms with E-state index in [1.807, 2.05) is 31.2 Å². The normalized spacial score (nSPS) is 21.0. The van der Waals surface area contributed by atoms with Crippen LogP contribution in [0.3, 0.4) is 0 Å². The molecular weight excluding hydrogens is 811 g/mol. The topological polar surface area (TPSA) is 238 Å². The van der Waals surface area contributed by atoms with Gasteiger partial charge in [-0.05, 0) is 155 Å². The zero-order valence-electron chi connectivity index (χ0n) is 36.8. The van der Waals surface area contributed by atoms with Crippen LogP contribution in [0.15, 0.2) is 106 Å². The molecule has 4 fully saturated rings. The molecule has 0 saturated heterocycles. The summed E-state index contributed by atoms with van der Waals surface area (Å²) in [6, 6.07) is 19.3. The van der Waals surface area contributed by atoms with Gasteiger partial charge < -0.3 is 36.6 Å². The minimum Gasteiger partial charge on any atom is -0.398 e. The van der Waals surface area contributed by atoms with Crippen LogP contribution >= 0.6 is 0 Å². The second-order valence-electron chi connectivity index (χ2n) is 18.3. The first-order chi connectivity index (χ1) is 30.4. The SMILES string of the molecule is C[C@@H](C(N)=O)n1ccc2c(C(=O)CCC34CC5CC(CC(C5)C3)C4)cccc2c1=O.C[C@@H](C(N)=O)n1ccc2c(N)cccc2c1=O.Cc1cccc2c(=O)n([C@@H](C)C(N)=O)ccc12. The lowest BCUT2D eigenvalue weighted by Crippen LogP contribution is -2.46. The number of nitrogens with two attached hydrogens (primary N) is 4. The zero-order chi connectivity index (χ0) is 46.2. The van der Waals surface area contributed by atoms with Crippen LogP contribution in [0.1, 0.15) is 106 Å². The molecule has 0 unspecified atom stereocenters. The van der Waals surface area contributed by atoms with Gasteiger partial charge in [0.1, 0.15) is 18.1 Å². The molecule has 6 aromatic rings.